The molecule has 1 aliphatic heterocycles. The molecule has 0 spiro atoms. The van der Waals surface area contributed by atoms with Crippen molar-refractivity contribution < 1.29 is 4.79 Å². The van der Waals surface area contributed by atoms with Gasteiger partial charge in [-0.25, -0.2) is 0 Å². The predicted octanol–water partition coefficient (Wildman–Crippen LogP) is 3.20. The molecule has 96 valence electrons. The number of fused-ring (bicyclic) bond motifs is 2. The summed E-state index contributed by atoms with van der Waals surface area (Å²) in [6, 6.07) is 0.471. The number of amides is 1. The van der Waals surface area contributed by atoms with E-state index in [2.05, 4.69) is 27.8 Å². The molecule has 0 aromatic rings. The van der Waals surface area contributed by atoms with Crippen LogP contribution in [0.15, 0.2) is 0 Å². The molecule has 2 bridgehead atoms. The molecule has 2 nitrogen and oxygen atoms in total. The number of hydrogen-bond acceptors (Lipinski definition) is 1. The lowest BCUT2D eigenvalue weighted by Gasteiger charge is -2.40. The van der Waals surface area contributed by atoms with Crippen LogP contribution < -0.4 is 0 Å². The summed E-state index contributed by atoms with van der Waals surface area (Å²) in [6.45, 7) is 3.27. The maximum absolute atomic E-state index is 12.2. The quantitative estimate of drug-likeness (QED) is 0.717. The standard InChI is InChI=1S/C14H22BrNO/c1-9(12-8-10-4-5-11(12)7-10)16-6-2-3-13(15)14(16)17/h9-13H,2-8H2,1H3. The van der Waals surface area contributed by atoms with Gasteiger partial charge >= 0.3 is 0 Å². The zero-order valence-electron chi connectivity index (χ0n) is 10.6. The SMILES string of the molecule is CC(C1CC2CCC1C2)N1CCCC(Br)C1=O. The highest BCUT2D eigenvalue weighted by Crippen LogP contribution is 2.50. The molecular formula is C14H22BrNO. The van der Waals surface area contributed by atoms with Gasteiger partial charge in [0.15, 0.2) is 0 Å². The summed E-state index contributed by atoms with van der Waals surface area (Å²) in [7, 11) is 0. The van der Waals surface area contributed by atoms with Crippen LogP contribution in [0.1, 0.15) is 45.4 Å². The van der Waals surface area contributed by atoms with E-state index in [0.29, 0.717) is 11.9 Å². The molecule has 0 aromatic carbocycles. The van der Waals surface area contributed by atoms with Gasteiger partial charge < -0.3 is 4.90 Å². The number of halogens is 1. The van der Waals surface area contributed by atoms with E-state index < -0.39 is 0 Å². The first-order valence-electron chi connectivity index (χ1n) is 7.11. The molecule has 5 unspecified atom stereocenters. The Morgan fingerprint density at radius 3 is 2.76 bits per heavy atom. The summed E-state index contributed by atoms with van der Waals surface area (Å²) in [5.74, 6) is 3.02. The summed E-state index contributed by atoms with van der Waals surface area (Å²) < 4.78 is 0. The van der Waals surface area contributed by atoms with E-state index >= 15 is 0 Å². The van der Waals surface area contributed by atoms with Crippen molar-refractivity contribution >= 4 is 21.8 Å². The van der Waals surface area contributed by atoms with E-state index in [1.807, 2.05) is 0 Å². The Balaban J connectivity index is 1.69. The summed E-state index contributed by atoms with van der Waals surface area (Å²) in [5.41, 5.74) is 0. The van der Waals surface area contributed by atoms with E-state index in [1.165, 1.54) is 25.7 Å². The predicted molar refractivity (Wildman–Crippen MR) is 72.1 cm³/mol. The number of rotatable bonds is 2. The number of piperidine rings is 1. The van der Waals surface area contributed by atoms with Crippen molar-refractivity contribution in [1.82, 2.24) is 4.90 Å². The summed E-state index contributed by atoms with van der Waals surface area (Å²) in [4.78, 5) is 14.5. The van der Waals surface area contributed by atoms with E-state index in [9.17, 15) is 4.79 Å². The maximum atomic E-state index is 12.2. The van der Waals surface area contributed by atoms with Crippen molar-refractivity contribution in [2.75, 3.05) is 6.54 Å². The molecule has 17 heavy (non-hydrogen) atoms. The van der Waals surface area contributed by atoms with E-state index in [0.717, 1.165) is 37.1 Å². The second kappa shape index (κ2) is 4.56. The smallest absolute Gasteiger partial charge is 0.236 e. The molecule has 0 radical (unpaired) electrons. The van der Waals surface area contributed by atoms with Crippen molar-refractivity contribution in [2.24, 2.45) is 17.8 Å². The van der Waals surface area contributed by atoms with Crippen LogP contribution in [0.5, 0.6) is 0 Å². The highest BCUT2D eigenvalue weighted by atomic mass is 79.9. The third-order valence-corrected chi connectivity index (χ3v) is 6.16. The van der Waals surface area contributed by atoms with Crippen molar-refractivity contribution in [2.45, 2.75) is 56.3 Å². The minimum atomic E-state index is 0.0808. The Kier molecular flexibility index (Phi) is 3.22. The molecule has 2 aliphatic carbocycles. The normalized spacial score (nSPS) is 43.2. The van der Waals surface area contributed by atoms with Crippen LogP contribution in [-0.2, 0) is 4.79 Å². The first-order chi connectivity index (χ1) is 8.16. The monoisotopic (exact) mass is 299 g/mol. The zero-order chi connectivity index (χ0) is 12.0. The van der Waals surface area contributed by atoms with Gasteiger partial charge in [-0.05, 0) is 56.8 Å². The molecule has 3 heteroatoms. The average molecular weight is 300 g/mol. The fraction of sp³-hybridized carbons (Fsp3) is 0.929. The zero-order valence-corrected chi connectivity index (χ0v) is 12.2. The minimum Gasteiger partial charge on any atom is -0.339 e. The lowest BCUT2D eigenvalue weighted by atomic mass is 9.83. The molecule has 0 N–H and O–H groups in total. The molecular weight excluding hydrogens is 278 g/mol. The molecule has 0 aromatic heterocycles. The number of hydrogen-bond donors (Lipinski definition) is 0. The van der Waals surface area contributed by atoms with Gasteiger partial charge in [0.05, 0.1) is 4.83 Å². The summed E-state index contributed by atoms with van der Waals surface area (Å²) in [6.07, 6.45) is 7.85. The third kappa shape index (κ3) is 2.05. The molecule has 3 aliphatic rings. The Bertz CT molecular complexity index is 319. The molecule has 3 rings (SSSR count). The van der Waals surface area contributed by atoms with E-state index in [1.54, 1.807) is 0 Å². The van der Waals surface area contributed by atoms with Crippen molar-refractivity contribution in [1.29, 1.82) is 0 Å². The lowest BCUT2D eigenvalue weighted by Crippen LogP contribution is -2.50. The van der Waals surface area contributed by atoms with Gasteiger partial charge in [0.2, 0.25) is 5.91 Å². The Labute approximate surface area is 112 Å². The number of carbonyl (C=O) groups is 1. The van der Waals surface area contributed by atoms with E-state index in [-0.39, 0.29) is 4.83 Å². The van der Waals surface area contributed by atoms with Gasteiger partial charge in [-0.1, -0.05) is 22.4 Å². The average Bonchev–Trinajstić information content (AvgIpc) is 2.94. The molecule has 5 atom stereocenters. The number of carbonyl (C=O) groups excluding carboxylic acids is 1. The Morgan fingerprint density at radius 2 is 2.12 bits per heavy atom. The van der Waals surface area contributed by atoms with Crippen molar-refractivity contribution in [3.8, 4) is 0 Å². The van der Waals surface area contributed by atoms with Gasteiger partial charge in [-0.15, -0.1) is 0 Å². The molecule has 1 heterocycles. The van der Waals surface area contributed by atoms with Crippen LogP contribution in [0.25, 0.3) is 0 Å². The number of alkyl halides is 1. The Hall–Kier alpha value is -0.0500. The minimum absolute atomic E-state index is 0.0808. The molecule has 1 amide bonds. The highest BCUT2D eigenvalue weighted by Gasteiger charge is 2.44. The second-order valence-corrected chi connectivity index (χ2v) is 7.33. The summed E-state index contributed by atoms with van der Waals surface area (Å²) in [5, 5.41) is 0. The molecule has 1 saturated heterocycles. The van der Waals surface area contributed by atoms with Gasteiger partial charge in [0.25, 0.3) is 0 Å². The van der Waals surface area contributed by atoms with E-state index in [4.69, 9.17) is 0 Å². The van der Waals surface area contributed by atoms with Gasteiger partial charge in [0.1, 0.15) is 0 Å². The maximum Gasteiger partial charge on any atom is 0.236 e. The van der Waals surface area contributed by atoms with Gasteiger partial charge in [0, 0.05) is 12.6 Å². The lowest BCUT2D eigenvalue weighted by molar-refractivity contribution is -0.136. The number of likely N-dealkylation sites (tertiary alicyclic amines) is 1. The third-order valence-electron chi connectivity index (χ3n) is 5.31. The highest BCUT2D eigenvalue weighted by molar-refractivity contribution is 9.10. The molecule has 3 fully saturated rings. The van der Waals surface area contributed by atoms with Crippen LogP contribution in [0.3, 0.4) is 0 Å². The fourth-order valence-electron chi connectivity index (χ4n) is 4.37. The van der Waals surface area contributed by atoms with Crippen LogP contribution in [0, 0.1) is 17.8 Å². The number of nitrogens with zero attached hydrogens (tertiary/aromatic N) is 1. The first-order valence-corrected chi connectivity index (χ1v) is 8.03. The van der Waals surface area contributed by atoms with Gasteiger partial charge in [-0.2, -0.15) is 0 Å². The van der Waals surface area contributed by atoms with Crippen LogP contribution in [0.2, 0.25) is 0 Å². The summed E-state index contributed by atoms with van der Waals surface area (Å²) >= 11 is 3.52. The second-order valence-electron chi connectivity index (χ2n) is 6.22. The topological polar surface area (TPSA) is 20.3 Å². The first kappa shape index (κ1) is 12.0. The van der Waals surface area contributed by atoms with Gasteiger partial charge in [-0.3, -0.25) is 4.79 Å². The van der Waals surface area contributed by atoms with Crippen LogP contribution >= 0.6 is 15.9 Å². The molecule has 2 saturated carbocycles. The van der Waals surface area contributed by atoms with Crippen molar-refractivity contribution in [3.63, 3.8) is 0 Å². The Morgan fingerprint density at radius 1 is 1.29 bits per heavy atom. The van der Waals surface area contributed by atoms with Crippen LogP contribution in [-0.4, -0.2) is 28.2 Å². The largest absolute Gasteiger partial charge is 0.339 e. The van der Waals surface area contributed by atoms with Crippen LogP contribution in [0.4, 0.5) is 0 Å². The van der Waals surface area contributed by atoms with Crippen molar-refractivity contribution in [3.05, 3.63) is 0 Å². The fourth-order valence-corrected chi connectivity index (χ4v) is 4.96.